The molecule has 68 valence electrons. The molecule has 0 bridgehead atoms. The Hall–Kier alpha value is -0.190. The van der Waals surface area contributed by atoms with E-state index in [2.05, 4.69) is 11.6 Å². The van der Waals surface area contributed by atoms with Gasteiger partial charge in [-0.25, -0.2) is 0 Å². The Morgan fingerprint density at radius 3 is 2.75 bits per heavy atom. The van der Waals surface area contributed by atoms with Gasteiger partial charge in [-0.2, -0.15) is 8.78 Å². The molecule has 12 heavy (non-hydrogen) atoms. The summed E-state index contributed by atoms with van der Waals surface area (Å²) in [4.78, 5) is 0.697. The molecule has 1 heterocycles. The Morgan fingerprint density at radius 2 is 2.33 bits per heavy atom. The van der Waals surface area contributed by atoms with Gasteiger partial charge in [0.15, 0.2) is 0 Å². The van der Waals surface area contributed by atoms with Crippen LogP contribution in [-0.2, 0) is 6.42 Å². The molecular formula is C7H7ClF2OS. The van der Waals surface area contributed by atoms with Gasteiger partial charge in [-0.15, -0.1) is 11.3 Å². The van der Waals surface area contributed by atoms with Crippen LogP contribution in [0.1, 0.15) is 4.88 Å². The summed E-state index contributed by atoms with van der Waals surface area (Å²) in [6, 6.07) is 3.41. The van der Waals surface area contributed by atoms with Gasteiger partial charge in [0.2, 0.25) is 0 Å². The molecule has 1 nitrogen and oxygen atoms in total. The van der Waals surface area contributed by atoms with Crippen molar-refractivity contribution < 1.29 is 13.9 Å². The van der Waals surface area contributed by atoms with Gasteiger partial charge >= 0.3 is 5.38 Å². The Kier molecular flexibility index (Phi) is 3.04. The van der Waals surface area contributed by atoms with Crippen LogP contribution in [0.15, 0.2) is 17.5 Å². The van der Waals surface area contributed by atoms with Crippen LogP contribution < -0.4 is 0 Å². The fourth-order valence-electron chi connectivity index (χ4n) is 0.735. The molecule has 0 aliphatic rings. The van der Waals surface area contributed by atoms with Crippen LogP contribution in [0.4, 0.5) is 8.78 Å². The average molecular weight is 213 g/mol. The molecule has 1 N–H and O–H groups in total. The molecule has 0 saturated heterocycles. The molecule has 0 radical (unpaired) electrons. The zero-order valence-electron chi connectivity index (χ0n) is 6.01. The third-order valence-electron chi connectivity index (χ3n) is 1.35. The predicted octanol–water partition coefficient (Wildman–Crippen LogP) is 2.48. The molecule has 1 aromatic rings. The molecule has 0 aliphatic heterocycles. The highest BCUT2D eigenvalue weighted by molar-refractivity contribution is 7.09. The van der Waals surface area contributed by atoms with Crippen molar-refractivity contribution in [3.05, 3.63) is 22.4 Å². The van der Waals surface area contributed by atoms with Crippen LogP contribution in [0, 0.1) is 0 Å². The van der Waals surface area contributed by atoms with E-state index in [1.54, 1.807) is 17.5 Å². The maximum Gasteiger partial charge on any atom is 0.347 e. The Morgan fingerprint density at radius 1 is 1.67 bits per heavy atom. The molecule has 0 fully saturated rings. The minimum Gasteiger partial charge on any atom is -0.385 e. The Bertz CT molecular complexity index is 232. The van der Waals surface area contributed by atoms with Crippen molar-refractivity contribution >= 4 is 22.9 Å². The van der Waals surface area contributed by atoms with E-state index in [4.69, 9.17) is 5.11 Å². The normalized spacial score (nSPS) is 14.7. The molecule has 0 saturated carbocycles. The Balaban J connectivity index is 2.53. The number of thiophene rings is 1. The van der Waals surface area contributed by atoms with Crippen LogP contribution >= 0.6 is 22.9 Å². The van der Waals surface area contributed by atoms with Gasteiger partial charge in [-0.3, -0.25) is 0 Å². The minimum atomic E-state index is -3.54. The summed E-state index contributed by atoms with van der Waals surface area (Å²) in [6.45, 7) is 0. The smallest absolute Gasteiger partial charge is 0.347 e. The molecule has 5 heteroatoms. The summed E-state index contributed by atoms with van der Waals surface area (Å²) in [7, 11) is 0. The monoisotopic (exact) mass is 212 g/mol. The van der Waals surface area contributed by atoms with Crippen molar-refractivity contribution in [1.82, 2.24) is 0 Å². The van der Waals surface area contributed by atoms with Crippen LogP contribution in [-0.4, -0.2) is 16.6 Å². The third-order valence-corrected chi connectivity index (χ3v) is 2.50. The first-order valence-corrected chi connectivity index (χ1v) is 4.53. The van der Waals surface area contributed by atoms with E-state index >= 15 is 0 Å². The number of hydrogen-bond acceptors (Lipinski definition) is 2. The lowest BCUT2D eigenvalue weighted by Crippen LogP contribution is -2.29. The number of alkyl halides is 3. The molecule has 1 unspecified atom stereocenters. The van der Waals surface area contributed by atoms with Gasteiger partial charge in [-0.05, 0) is 23.0 Å². The van der Waals surface area contributed by atoms with Crippen LogP contribution in [0.25, 0.3) is 0 Å². The second kappa shape index (κ2) is 3.68. The summed E-state index contributed by atoms with van der Waals surface area (Å²) in [6.07, 6.45) is -1.91. The van der Waals surface area contributed by atoms with E-state index in [1.807, 2.05) is 0 Å². The van der Waals surface area contributed by atoms with Crippen LogP contribution in [0.3, 0.4) is 0 Å². The topological polar surface area (TPSA) is 20.2 Å². The standard InChI is InChI=1S/C7H7ClF2OS/c8-7(9,10)6(11)4-5-2-1-3-12-5/h1-3,6,11H,4H2. The summed E-state index contributed by atoms with van der Waals surface area (Å²) >= 11 is 5.94. The number of hydrogen-bond donors (Lipinski definition) is 1. The predicted molar refractivity (Wildman–Crippen MR) is 44.8 cm³/mol. The number of halogens is 3. The van der Waals surface area contributed by atoms with E-state index in [1.165, 1.54) is 11.3 Å². The summed E-state index contributed by atoms with van der Waals surface area (Å²) in [5.74, 6) is 0. The second-order valence-electron chi connectivity index (χ2n) is 2.34. The first-order valence-electron chi connectivity index (χ1n) is 3.27. The van der Waals surface area contributed by atoms with Crippen molar-refractivity contribution in [2.24, 2.45) is 0 Å². The first-order chi connectivity index (χ1) is 5.50. The van der Waals surface area contributed by atoms with E-state index < -0.39 is 11.5 Å². The first kappa shape index (κ1) is 9.89. The van der Waals surface area contributed by atoms with Crippen LogP contribution in [0.2, 0.25) is 0 Å². The van der Waals surface area contributed by atoms with E-state index in [9.17, 15) is 8.78 Å². The van der Waals surface area contributed by atoms with Crippen molar-refractivity contribution in [2.45, 2.75) is 17.9 Å². The molecule has 1 aromatic heterocycles. The highest BCUT2D eigenvalue weighted by atomic mass is 35.5. The van der Waals surface area contributed by atoms with Gasteiger partial charge in [-0.1, -0.05) is 6.07 Å². The lowest BCUT2D eigenvalue weighted by atomic mass is 10.2. The lowest BCUT2D eigenvalue weighted by Gasteiger charge is -2.14. The minimum absolute atomic E-state index is 0.103. The third kappa shape index (κ3) is 2.69. The zero-order valence-corrected chi connectivity index (χ0v) is 7.58. The maximum atomic E-state index is 12.2. The van der Waals surface area contributed by atoms with Gasteiger partial charge in [0.05, 0.1) is 0 Å². The molecule has 1 atom stereocenters. The zero-order chi connectivity index (χ0) is 9.19. The fourth-order valence-corrected chi connectivity index (χ4v) is 1.56. The highest BCUT2D eigenvalue weighted by Gasteiger charge is 2.35. The van der Waals surface area contributed by atoms with Crippen LogP contribution in [0.5, 0.6) is 0 Å². The number of rotatable bonds is 3. The fraction of sp³-hybridized carbons (Fsp3) is 0.429. The highest BCUT2D eigenvalue weighted by Crippen LogP contribution is 2.26. The van der Waals surface area contributed by atoms with E-state index in [0.29, 0.717) is 4.88 Å². The van der Waals surface area contributed by atoms with Crippen molar-refractivity contribution in [1.29, 1.82) is 0 Å². The van der Waals surface area contributed by atoms with Crippen molar-refractivity contribution in [2.75, 3.05) is 0 Å². The maximum absolute atomic E-state index is 12.2. The largest absolute Gasteiger partial charge is 0.385 e. The molecule has 0 spiro atoms. The summed E-state index contributed by atoms with van der Waals surface area (Å²) in [5.41, 5.74) is 0. The van der Waals surface area contributed by atoms with Crippen molar-refractivity contribution in [3.63, 3.8) is 0 Å². The van der Waals surface area contributed by atoms with Gasteiger partial charge in [0, 0.05) is 11.3 Å². The molecule has 0 aliphatic carbocycles. The number of aliphatic hydroxyl groups excluding tert-OH is 1. The molecule has 0 aromatic carbocycles. The molecular weight excluding hydrogens is 206 g/mol. The van der Waals surface area contributed by atoms with Crippen molar-refractivity contribution in [3.8, 4) is 0 Å². The van der Waals surface area contributed by atoms with Gasteiger partial charge in [0.1, 0.15) is 6.10 Å². The lowest BCUT2D eigenvalue weighted by molar-refractivity contribution is -0.0393. The molecule has 0 amide bonds. The summed E-state index contributed by atoms with van der Waals surface area (Å²) in [5, 5.41) is 7.10. The van der Waals surface area contributed by atoms with E-state index in [0.717, 1.165) is 0 Å². The van der Waals surface area contributed by atoms with E-state index in [-0.39, 0.29) is 6.42 Å². The quantitative estimate of drug-likeness (QED) is 0.764. The number of aliphatic hydroxyl groups is 1. The average Bonchev–Trinajstić information content (AvgIpc) is 2.37. The summed E-state index contributed by atoms with van der Waals surface area (Å²) < 4.78 is 24.5. The molecule has 1 rings (SSSR count). The second-order valence-corrected chi connectivity index (χ2v) is 3.88. The van der Waals surface area contributed by atoms with Gasteiger partial charge in [0.25, 0.3) is 0 Å². The SMILES string of the molecule is OC(Cc1cccs1)C(F)(F)Cl. The van der Waals surface area contributed by atoms with Gasteiger partial charge < -0.3 is 5.11 Å². The Labute approximate surface area is 77.6 Å².